The van der Waals surface area contributed by atoms with Gasteiger partial charge in [-0.05, 0) is 44.0 Å². The van der Waals surface area contributed by atoms with Crippen LogP contribution in [0.3, 0.4) is 0 Å². The van der Waals surface area contributed by atoms with Crippen LogP contribution < -0.4 is 10.2 Å². The minimum Gasteiger partial charge on any atom is -0.374 e. The third kappa shape index (κ3) is 2.67. The van der Waals surface area contributed by atoms with Crippen LogP contribution in [0.5, 0.6) is 0 Å². The van der Waals surface area contributed by atoms with E-state index in [2.05, 4.69) is 10.2 Å². The molecular formula is C15H23N3O2S. The van der Waals surface area contributed by atoms with Gasteiger partial charge in [0.25, 0.3) is 0 Å². The molecule has 2 aliphatic heterocycles. The fraction of sp³-hybridized carbons (Fsp3) is 0.600. The fourth-order valence-corrected chi connectivity index (χ4v) is 4.77. The highest BCUT2D eigenvalue weighted by molar-refractivity contribution is 7.89. The second-order valence-corrected chi connectivity index (χ2v) is 7.89. The van der Waals surface area contributed by atoms with Crippen LogP contribution in [0.15, 0.2) is 23.1 Å². The number of fused-ring (bicyclic) bond motifs is 1. The summed E-state index contributed by atoms with van der Waals surface area (Å²) in [4.78, 5) is 2.55. The summed E-state index contributed by atoms with van der Waals surface area (Å²) in [5, 5.41) is 3.19. The van der Waals surface area contributed by atoms with E-state index in [0.717, 1.165) is 31.5 Å². The van der Waals surface area contributed by atoms with Crippen LogP contribution in [-0.2, 0) is 16.4 Å². The Balaban J connectivity index is 1.90. The van der Waals surface area contributed by atoms with E-state index < -0.39 is 10.0 Å². The van der Waals surface area contributed by atoms with Crippen molar-refractivity contribution in [2.24, 2.45) is 0 Å². The third-order valence-corrected chi connectivity index (χ3v) is 6.48. The van der Waals surface area contributed by atoms with E-state index in [9.17, 15) is 8.42 Å². The molecule has 116 valence electrons. The van der Waals surface area contributed by atoms with Crippen molar-refractivity contribution in [1.82, 2.24) is 9.62 Å². The molecule has 0 bridgehead atoms. The van der Waals surface area contributed by atoms with Crippen molar-refractivity contribution >= 4 is 15.7 Å². The highest BCUT2D eigenvalue weighted by Gasteiger charge is 2.30. The first-order valence-corrected chi connectivity index (χ1v) is 8.98. The molecule has 6 heteroatoms. The molecule has 1 unspecified atom stereocenters. The van der Waals surface area contributed by atoms with Crippen molar-refractivity contribution in [3.05, 3.63) is 23.8 Å². The molecule has 1 aromatic rings. The molecule has 5 nitrogen and oxygen atoms in total. The average molecular weight is 309 g/mol. The van der Waals surface area contributed by atoms with Crippen molar-refractivity contribution in [1.29, 1.82) is 0 Å². The Hall–Kier alpha value is -1.11. The van der Waals surface area contributed by atoms with Gasteiger partial charge in [-0.2, -0.15) is 4.31 Å². The number of hydrogen-bond acceptors (Lipinski definition) is 4. The fourth-order valence-electron chi connectivity index (χ4n) is 3.22. The van der Waals surface area contributed by atoms with Gasteiger partial charge < -0.3 is 10.2 Å². The van der Waals surface area contributed by atoms with Crippen LogP contribution in [0.4, 0.5) is 5.69 Å². The molecule has 2 aliphatic rings. The number of rotatable bonds is 3. The molecule has 1 saturated heterocycles. The van der Waals surface area contributed by atoms with Gasteiger partial charge in [0.2, 0.25) is 10.0 Å². The molecule has 0 spiro atoms. The third-order valence-electron chi connectivity index (χ3n) is 4.61. The van der Waals surface area contributed by atoms with Gasteiger partial charge in [-0.3, -0.25) is 0 Å². The molecule has 0 aromatic heterocycles. The zero-order valence-corrected chi connectivity index (χ0v) is 13.5. The predicted octanol–water partition coefficient (Wildman–Crippen LogP) is 1.05. The van der Waals surface area contributed by atoms with Crippen LogP contribution in [0.2, 0.25) is 0 Å². The number of anilines is 1. The lowest BCUT2D eigenvalue weighted by Gasteiger charge is -2.31. The number of piperidine rings is 1. The molecule has 21 heavy (non-hydrogen) atoms. The van der Waals surface area contributed by atoms with E-state index in [1.807, 2.05) is 26.2 Å². The van der Waals surface area contributed by atoms with Gasteiger partial charge in [0, 0.05) is 38.4 Å². The molecule has 0 amide bonds. The van der Waals surface area contributed by atoms with E-state index in [4.69, 9.17) is 0 Å². The number of benzene rings is 1. The molecule has 0 saturated carbocycles. The van der Waals surface area contributed by atoms with Gasteiger partial charge >= 0.3 is 0 Å². The Morgan fingerprint density at radius 1 is 1.29 bits per heavy atom. The predicted molar refractivity (Wildman–Crippen MR) is 84.3 cm³/mol. The molecular weight excluding hydrogens is 286 g/mol. The van der Waals surface area contributed by atoms with Crippen LogP contribution in [-0.4, -0.2) is 52.5 Å². The summed E-state index contributed by atoms with van der Waals surface area (Å²) >= 11 is 0. The molecule has 2 heterocycles. The van der Waals surface area contributed by atoms with Gasteiger partial charge in [0.1, 0.15) is 0 Å². The molecule has 1 atom stereocenters. The smallest absolute Gasteiger partial charge is 0.243 e. The van der Waals surface area contributed by atoms with Crippen molar-refractivity contribution in [2.75, 3.05) is 38.6 Å². The Labute approximate surface area is 127 Å². The van der Waals surface area contributed by atoms with Crippen LogP contribution in [0.1, 0.15) is 18.4 Å². The summed E-state index contributed by atoms with van der Waals surface area (Å²) in [6.45, 7) is 2.14. The van der Waals surface area contributed by atoms with Crippen molar-refractivity contribution < 1.29 is 8.42 Å². The van der Waals surface area contributed by atoms with Gasteiger partial charge in [0.15, 0.2) is 0 Å². The lowest BCUT2D eigenvalue weighted by molar-refractivity contribution is 0.293. The number of sulfonamides is 1. The summed E-state index contributed by atoms with van der Waals surface area (Å²) in [7, 11) is 0.525. The first-order valence-electron chi connectivity index (χ1n) is 7.54. The van der Waals surface area contributed by atoms with Gasteiger partial charge in [-0.1, -0.05) is 6.07 Å². The van der Waals surface area contributed by atoms with E-state index in [1.165, 1.54) is 5.56 Å². The summed E-state index contributed by atoms with van der Waals surface area (Å²) in [6, 6.07) is 5.81. The monoisotopic (exact) mass is 309 g/mol. The zero-order valence-electron chi connectivity index (χ0n) is 12.7. The molecule has 3 rings (SSSR count). The maximum absolute atomic E-state index is 12.8. The van der Waals surface area contributed by atoms with Gasteiger partial charge in [-0.15, -0.1) is 0 Å². The molecule has 0 radical (unpaired) electrons. The normalized spacial score (nSPS) is 23.3. The average Bonchev–Trinajstić information content (AvgIpc) is 2.88. The first kappa shape index (κ1) is 14.8. The van der Waals surface area contributed by atoms with E-state index >= 15 is 0 Å². The van der Waals surface area contributed by atoms with Crippen LogP contribution >= 0.6 is 0 Å². The largest absolute Gasteiger partial charge is 0.374 e. The maximum atomic E-state index is 12.8. The van der Waals surface area contributed by atoms with Gasteiger partial charge in [0.05, 0.1) is 4.90 Å². The Bertz CT molecular complexity index is 630. The highest BCUT2D eigenvalue weighted by atomic mass is 32.2. The Kier molecular flexibility index (Phi) is 3.94. The minimum absolute atomic E-state index is 0.255. The van der Waals surface area contributed by atoms with E-state index in [-0.39, 0.29) is 6.04 Å². The molecule has 0 aliphatic carbocycles. The number of nitrogens with zero attached hydrogens (tertiary/aromatic N) is 2. The van der Waals surface area contributed by atoms with Crippen molar-refractivity contribution in [3.8, 4) is 0 Å². The highest BCUT2D eigenvalue weighted by Crippen LogP contribution is 2.31. The summed E-state index contributed by atoms with van der Waals surface area (Å²) in [6.07, 6.45) is 2.95. The van der Waals surface area contributed by atoms with Crippen molar-refractivity contribution in [2.45, 2.75) is 30.2 Å². The van der Waals surface area contributed by atoms with Crippen molar-refractivity contribution in [3.63, 3.8) is 0 Å². The standard InChI is InChI=1S/C15H23N3O2S/c1-16-13-4-3-8-18(11-13)21(19,20)14-6-5-12-7-9-17(2)15(12)10-14/h5-6,10,13,16H,3-4,7-9,11H2,1-2H3. The van der Waals surface area contributed by atoms with E-state index in [0.29, 0.717) is 18.0 Å². The lowest BCUT2D eigenvalue weighted by atomic mass is 10.1. The summed E-state index contributed by atoms with van der Waals surface area (Å²) < 4.78 is 27.3. The number of hydrogen-bond donors (Lipinski definition) is 1. The summed E-state index contributed by atoms with van der Waals surface area (Å²) in [5.74, 6) is 0. The van der Waals surface area contributed by atoms with Gasteiger partial charge in [-0.25, -0.2) is 8.42 Å². The number of likely N-dealkylation sites (N-methyl/N-ethyl adjacent to an activating group) is 2. The second kappa shape index (κ2) is 5.59. The minimum atomic E-state index is -3.38. The molecule has 1 aromatic carbocycles. The zero-order chi connectivity index (χ0) is 15.0. The topological polar surface area (TPSA) is 52.7 Å². The van der Waals surface area contributed by atoms with Crippen LogP contribution in [0.25, 0.3) is 0 Å². The Morgan fingerprint density at radius 3 is 2.86 bits per heavy atom. The maximum Gasteiger partial charge on any atom is 0.243 e. The molecule has 1 fully saturated rings. The lowest BCUT2D eigenvalue weighted by Crippen LogP contribution is -2.46. The van der Waals surface area contributed by atoms with Crippen LogP contribution in [0, 0.1) is 0 Å². The summed E-state index contributed by atoms with van der Waals surface area (Å²) in [5.41, 5.74) is 2.29. The van der Waals surface area contributed by atoms with E-state index in [1.54, 1.807) is 10.4 Å². The quantitative estimate of drug-likeness (QED) is 0.907. The Morgan fingerprint density at radius 2 is 2.10 bits per heavy atom. The first-order chi connectivity index (χ1) is 10.0. The SMILES string of the molecule is CNC1CCCN(S(=O)(=O)c2ccc3c(c2)N(C)CC3)C1. The number of nitrogens with one attached hydrogen (secondary N) is 1. The second-order valence-electron chi connectivity index (χ2n) is 5.95. The molecule has 1 N–H and O–H groups in total.